The Labute approximate surface area is 110 Å². The van der Waals surface area contributed by atoms with Crippen molar-refractivity contribution in [2.45, 2.75) is 38.0 Å². The first-order valence-corrected chi connectivity index (χ1v) is 5.96. The maximum Gasteiger partial charge on any atom is 0.389 e. The van der Waals surface area contributed by atoms with Crippen LogP contribution in [0.25, 0.3) is 0 Å². The van der Waals surface area contributed by atoms with Crippen molar-refractivity contribution < 1.29 is 18.0 Å². The van der Waals surface area contributed by atoms with E-state index in [1.54, 1.807) is 6.92 Å². The molecule has 0 saturated heterocycles. The molecule has 0 aliphatic heterocycles. The lowest BCUT2D eigenvalue weighted by atomic mass is 10.1. The van der Waals surface area contributed by atoms with Crippen LogP contribution in [0.3, 0.4) is 0 Å². The van der Waals surface area contributed by atoms with E-state index < -0.39 is 24.5 Å². The van der Waals surface area contributed by atoms with Crippen molar-refractivity contribution in [1.29, 1.82) is 0 Å². The smallest absolute Gasteiger partial charge is 0.368 e. The molecule has 0 aromatic heterocycles. The zero-order chi connectivity index (χ0) is 14.5. The fraction of sp³-hybridized carbons (Fsp3) is 0.462. The lowest BCUT2D eigenvalue weighted by Crippen LogP contribution is -2.43. The number of benzene rings is 1. The zero-order valence-electron chi connectivity index (χ0n) is 10.6. The van der Waals surface area contributed by atoms with Gasteiger partial charge in [-0.15, -0.1) is 0 Å². The molecule has 0 unspecified atom stereocenters. The fourth-order valence-electron chi connectivity index (χ4n) is 1.76. The van der Waals surface area contributed by atoms with Crippen molar-refractivity contribution in [2.24, 2.45) is 5.73 Å². The SMILES string of the molecule is C[C@H](N[C@@H](CCC(F)(F)F)C(N)=O)c1ccccc1. The third kappa shape index (κ3) is 5.74. The largest absolute Gasteiger partial charge is 0.389 e. The van der Waals surface area contributed by atoms with E-state index in [1.165, 1.54) is 0 Å². The van der Waals surface area contributed by atoms with E-state index in [9.17, 15) is 18.0 Å². The van der Waals surface area contributed by atoms with Gasteiger partial charge in [-0.05, 0) is 18.9 Å². The number of nitrogens with two attached hydrogens (primary N) is 1. The van der Waals surface area contributed by atoms with Crippen LogP contribution in [0.4, 0.5) is 13.2 Å². The molecule has 0 saturated carbocycles. The predicted molar refractivity (Wildman–Crippen MR) is 66.3 cm³/mol. The molecule has 0 radical (unpaired) electrons. The molecular weight excluding hydrogens is 257 g/mol. The van der Waals surface area contributed by atoms with Gasteiger partial charge in [-0.2, -0.15) is 13.2 Å². The molecule has 3 nitrogen and oxygen atoms in total. The van der Waals surface area contributed by atoms with Gasteiger partial charge in [0.1, 0.15) is 0 Å². The molecule has 0 heterocycles. The van der Waals surface area contributed by atoms with Gasteiger partial charge in [0.25, 0.3) is 0 Å². The van der Waals surface area contributed by atoms with Crippen LogP contribution in [-0.4, -0.2) is 18.1 Å². The Balaban J connectivity index is 2.61. The molecule has 0 fully saturated rings. The van der Waals surface area contributed by atoms with Gasteiger partial charge < -0.3 is 5.73 Å². The van der Waals surface area contributed by atoms with E-state index in [0.717, 1.165) is 5.56 Å². The summed E-state index contributed by atoms with van der Waals surface area (Å²) in [6, 6.07) is 7.92. The second-order valence-electron chi connectivity index (χ2n) is 4.41. The lowest BCUT2D eigenvalue weighted by Gasteiger charge is -2.21. The molecule has 0 aliphatic rings. The van der Waals surface area contributed by atoms with Crippen molar-refractivity contribution in [2.75, 3.05) is 0 Å². The number of rotatable bonds is 6. The summed E-state index contributed by atoms with van der Waals surface area (Å²) in [5.74, 6) is -0.771. The number of hydrogen-bond acceptors (Lipinski definition) is 2. The number of alkyl halides is 3. The van der Waals surface area contributed by atoms with E-state index in [4.69, 9.17) is 5.73 Å². The summed E-state index contributed by atoms with van der Waals surface area (Å²) in [6.45, 7) is 1.78. The number of hydrogen-bond donors (Lipinski definition) is 2. The van der Waals surface area contributed by atoms with E-state index in [0.29, 0.717) is 0 Å². The van der Waals surface area contributed by atoms with Gasteiger partial charge in [0.15, 0.2) is 0 Å². The number of carbonyl (C=O) groups is 1. The minimum Gasteiger partial charge on any atom is -0.368 e. The first-order chi connectivity index (χ1) is 8.79. The molecule has 1 rings (SSSR count). The molecule has 6 heteroatoms. The quantitative estimate of drug-likeness (QED) is 0.837. The third-order valence-electron chi connectivity index (χ3n) is 2.81. The molecule has 0 aliphatic carbocycles. The molecule has 1 amide bonds. The molecule has 1 aromatic rings. The summed E-state index contributed by atoms with van der Waals surface area (Å²) in [4.78, 5) is 11.2. The van der Waals surface area contributed by atoms with Crippen LogP contribution in [-0.2, 0) is 4.79 Å². The van der Waals surface area contributed by atoms with Gasteiger partial charge in [0.05, 0.1) is 6.04 Å². The molecule has 3 N–H and O–H groups in total. The van der Waals surface area contributed by atoms with Crippen molar-refractivity contribution in [3.63, 3.8) is 0 Å². The highest BCUT2D eigenvalue weighted by Crippen LogP contribution is 2.23. The van der Waals surface area contributed by atoms with Crippen molar-refractivity contribution >= 4 is 5.91 Å². The summed E-state index contributed by atoms with van der Waals surface area (Å²) in [5.41, 5.74) is 6.01. The maximum absolute atomic E-state index is 12.2. The van der Waals surface area contributed by atoms with Gasteiger partial charge >= 0.3 is 6.18 Å². The van der Waals surface area contributed by atoms with Gasteiger partial charge in [-0.25, -0.2) is 0 Å². The highest BCUT2D eigenvalue weighted by molar-refractivity contribution is 5.79. The first-order valence-electron chi connectivity index (χ1n) is 5.96. The van der Waals surface area contributed by atoms with Crippen molar-refractivity contribution in [1.82, 2.24) is 5.32 Å². The molecule has 19 heavy (non-hydrogen) atoms. The molecule has 1 aromatic carbocycles. The second-order valence-corrected chi connectivity index (χ2v) is 4.41. The Bertz CT molecular complexity index is 406. The van der Waals surface area contributed by atoms with Gasteiger partial charge in [-0.3, -0.25) is 10.1 Å². The van der Waals surface area contributed by atoms with E-state index in [2.05, 4.69) is 5.32 Å². The fourth-order valence-corrected chi connectivity index (χ4v) is 1.76. The van der Waals surface area contributed by atoms with Crippen molar-refractivity contribution in [3.05, 3.63) is 35.9 Å². The van der Waals surface area contributed by atoms with Crippen LogP contribution in [0.1, 0.15) is 31.4 Å². The lowest BCUT2D eigenvalue weighted by molar-refractivity contribution is -0.138. The Kier molecular flexibility index (Phi) is 5.35. The average molecular weight is 274 g/mol. The summed E-state index contributed by atoms with van der Waals surface area (Å²) in [6.07, 6.45) is -5.67. The van der Waals surface area contributed by atoms with E-state index in [-0.39, 0.29) is 12.5 Å². The number of nitrogens with one attached hydrogen (secondary N) is 1. The minimum atomic E-state index is -4.29. The number of amides is 1. The van der Waals surface area contributed by atoms with Gasteiger partial charge in [-0.1, -0.05) is 30.3 Å². The Morgan fingerprint density at radius 1 is 1.32 bits per heavy atom. The predicted octanol–water partition coefficient (Wildman–Crippen LogP) is 2.53. The monoisotopic (exact) mass is 274 g/mol. The third-order valence-corrected chi connectivity index (χ3v) is 2.81. The van der Waals surface area contributed by atoms with Crippen LogP contribution in [0.2, 0.25) is 0 Å². The Morgan fingerprint density at radius 3 is 2.37 bits per heavy atom. The highest BCUT2D eigenvalue weighted by Gasteiger charge is 2.30. The summed E-state index contributed by atoms with van der Waals surface area (Å²) >= 11 is 0. The van der Waals surface area contributed by atoms with Crippen LogP contribution >= 0.6 is 0 Å². The van der Waals surface area contributed by atoms with Crippen LogP contribution in [0, 0.1) is 0 Å². The summed E-state index contributed by atoms with van der Waals surface area (Å²) < 4.78 is 36.5. The van der Waals surface area contributed by atoms with E-state index in [1.807, 2.05) is 30.3 Å². The standard InChI is InChI=1S/C13H17F3N2O/c1-9(10-5-3-2-4-6-10)18-11(12(17)19)7-8-13(14,15)16/h2-6,9,11,18H,7-8H2,1H3,(H2,17,19)/t9-,11-/m0/s1. The normalized spacial score (nSPS) is 14.9. The molecule has 106 valence electrons. The minimum absolute atomic E-state index is 0.244. The first kappa shape index (κ1) is 15.5. The Morgan fingerprint density at radius 2 is 1.89 bits per heavy atom. The second kappa shape index (κ2) is 6.56. The number of halogens is 3. The van der Waals surface area contributed by atoms with Crippen LogP contribution in [0.5, 0.6) is 0 Å². The van der Waals surface area contributed by atoms with Gasteiger partial charge in [0, 0.05) is 12.5 Å². The Hall–Kier alpha value is -1.56. The summed E-state index contributed by atoms with van der Waals surface area (Å²) in [5, 5.41) is 2.83. The van der Waals surface area contributed by atoms with Gasteiger partial charge in [0.2, 0.25) is 5.91 Å². The molecule has 0 bridgehead atoms. The highest BCUT2D eigenvalue weighted by atomic mass is 19.4. The topological polar surface area (TPSA) is 55.1 Å². The van der Waals surface area contributed by atoms with Crippen LogP contribution < -0.4 is 11.1 Å². The zero-order valence-corrected chi connectivity index (χ0v) is 10.6. The summed E-state index contributed by atoms with van der Waals surface area (Å²) in [7, 11) is 0. The molecule has 0 spiro atoms. The number of carbonyl (C=O) groups excluding carboxylic acids is 1. The molecular formula is C13H17F3N2O. The molecule has 2 atom stereocenters. The van der Waals surface area contributed by atoms with Crippen molar-refractivity contribution in [3.8, 4) is 0 Å². The van der Waals surface area contributed by atoms with Crippen LogP contribution in [0.15, 0.2) is 30.3 Å². The number of primary amides is 1. The van der Waals surface area contributed by atoms with E-state index >= 15 is 0 Å². The average Bonchev–Trinajstić information content (AvgIpc) is 2.33. The maximum atomic E-state index is 12.2.